The number of ketones is 1. The quantitative estimate of drug-likeness (QED) is 0.265. The molecule has 1 aliphatic carbocycles. The number of methoxy groups -OCH3 is 2. The van der Waals surface area contributed by atoms with Gasteiger partial charge in [-0.05, 0) is 30.4 Å². The summed E-state index contributed by atoms with van der Waals surface area (Å²) >= 11 is 1.44. The molecule has 0 saturated heterocycles. The molecule has 36 heavy (non-hydrogen) atoms. The Labute approximate surface area is 212 Å². The second-order valence-electron chi connectivity index (χ2n) is 7.80. The van der Waals surface area contributed by atoms with Gasteiger partial charge in [-0.3, -0.25) is 4.79 Å². The number of hydrogen-bond acceptors (Lipinski definition) is 6. The van der Waals surface area contributed by atoms with Gasteiger partial charge >= 0.3 is 0 Å². The van der Waals surface area contributed by atoms with Gasteiger partial charge in [-0.25, -0.2) is 9.67 Å². The summed E-state index contributed by atoms with van der Waals surface area (Å²) in [4.78, 5) is 19.3. The van der Waals surface area contributed by atoms with Crippen LogP contribution in [0, 0.1) is 0 Å². The molecule has 1 aliphatic rings. The van der Waals surface area contributed by atoms with E-state index in [1.54, 1.807) is 31.3 Å². The lowest BCUT2D eigenvalue weighted by atomic mass is 10.1. The number of rotatable bonds is 7. The van der Waals surface area contributed by atoms with Crippen LogP contribution in [0.1, 0.15) is 27.2 Å². The van der Waals surface area contributed by atoms with E-state index in [2.05, 4.69) is 10.1 Å². The second kappa shape index (κ2) is 10.4. The lowest BCUT2D eigenvalue weighted by Crippen LogP contribution is -2.15. The Bertz CT molecular complexity index is 1590. The molecule has 1 aromatic heterocycles. The number of hydrogen-bond donors (Lipinski definition) is 0. The molecule has 3 aromatic carbocycles. The minimum Gasteiger partial charge on any atom is -0.496 e. The fraction of sp³-hybridized carbons (Fsp3) is 0.0690. The molecule has 5 rings (SSSR count). The van der Waals surface area contributed by atoms with Crippen molar-refractivity contribution in [2.75, 3.05) is 14.2 Å². The molecule has 0 aliphatic heterocycles. The summed E-state index contributed by atoms with van der Waals surface area (Å²) in [6.07, 6.45) is 8.94. The van der Waals surface area contributed by atoms with E-state index in [0.717, 1.165) is 33.1 Å². The van der Waals surface area contributed by atoms with Gasteiger partial charge in [0.15, 0.2) is 0 Å². The molecule has 4 aromatic rings. The van der Waals surface area contributed by atoms with Crippen LogP contribution >= 0.6 is 11.3 Å². The summed E-state index contributed by atoms with van der Waals surface area (Å²) in [6.45, 7) is 0. The normalized spacial score (nSPS) is 13.2. The standard InChI is InChI=1S/C29H23N3O3S/c1-34-24-15-7-3-10-20(24)12-9-18-31-32-26-27(33)22-13-5-6-14-23(22)28(26)36-29(32)30-19-17-21-11-4-8-16-25(21)35-2/h3-19H,1-2H3/b12-9+,19-17+,30-29?,31-18+. The molecule has 0 spiro atoms. The van der Waals surface area contributed by atoms with Crippen molar-refractivity contribution in [1.29, 1.82) is 0 Å². The zero-order valence-corrected chi connectivity index (χ0v) is 20.6. The lowest BCUT2D eigenvalue weighted by molar-refractivity contribution is 0.103. The first-order valence-electron chi connectivity index (χ1n) is 11.3. The number of aromatic nitrogens is 1. The predicted molar refractivity (Wildman–Crippen MR) is 145 cm³/mol. The smallest absolute Gasteiger partial charge is 0.213 e. The van der Waals surface area contributed by atoms with Gasteiger partial charge in [0.05, 0.1) is 19.1 Å². The summed E-state index contributed by atoms with van der Waals surface area (Å²) in [6, 6.07) is 23.0. The number of nitrogens with zero attached hydrogens (tertiary/aromatic N) is 3. The van der Waals surface area contributed by atoms with Gasteiger partial charge in [-0.1, -0.05) is 72.0 Å². The number of carbonyl (C=O) groups excluding carboxylic acids is 1. The van der Waals surface area contributed by atoms with E-state index in [1.807, 2.05) is 91.0 Å². The maximum atomic E-state index is 13.2. The maximum Gasteiger partial charge on any atom is 0.213 e. The van der Waals surface area contributed by atoms with E-state index in [0.29, 0.717) is 16.1 Å². The molecule has 0 atom stereocenters. The highest BCUT2D eigenvalue weighted by molar-refractivity contribution is 7.13. The monoisotopic (exact) mass is 493 g/mol. The van der Waals surface area contributed by atoms with Crippen LogP contribution in [0.25, 0.3) is 22.6 Å². The van der Waals surface area contributed by atoms with E-state index in [1.165, 1.54) is 11.3 Å². The van der Waals surface area contributed by atoms with Crippen molar-refractivity contribution in [2.45, 2.75) is 0 Å². The summed E-state index contributed by atoms with van der Waals surface area (Å²) in [5.74, 6) is 1.47. The van der Waals surface area contributed by atoms with Crippen molar-refractivity contribution >= 4 is 35.5 Å². The van der Waals surface area contributed by atoms with Gasteiger partial charge in [0.25, 0.3) is 0 Å². The Morgan fingerprint density at radius 1 is 0.806 bits per heavy atom. The molecule has 0 unspecified atom stereocenters. The van der Waals surface area contributed by atoms with Gasteiger partial charge < -0.3 is 9.47 Å². The third kappa shape index (κ3) is 4.44. The molecule has 0 radical (unpaired) electrons. The van der Waals surface area contributed by atoms with Crippen molar-refractivity contribution in [3.05, 3.63) is 112 Å². The lowest BCUT2D eigenvalue weighted by Gasteiger charge is -2.02. The van der Waals surface area contributed by atoms with Crippen LogP contribution in [0.4, 0.5) is 0 Å². The molecule has 7 heteroatoms. The fourth-order valence-electron chi connectivity index (χ4n) is 3.99. The molecule has 0 saturated carbocycles. The summed E-state index contributed by atoms with van der Waals surface area (Å²) in [5, 5.41) is 4.60. The van der Waals surface area contributed by atoms with E-state index in [9.17, 15) is 4.79 Å². The Morgan fingerprint density at radius 3 is 2.11 bits per heavy atom. The predicted octanol–water partition coefficient (Wildman–Crippen LogP) is 5.90. The number of allylic oxidation sites excluding steroid dienone is 1. The largest absolute Gasteiger partial charge is 0.496 e. The highest BCUT2D eigenvalue weighted by Gasteiger charge is 2.32. The van der Waals surface area contributed by atoms with Crippen LogP contribution in [-0.2, 0) is 0 Å². The number of carbonyl (C=O) groups is 1. The van der Waals surface area contributed by atoms with Crippen molar-refractivity contribution in [1.82, 2.24) is 4.68 Å². The molecule has 178 valence electrons. The average Bonchev–Trinajstić information content (AvgIpc) is 3.42. The summed E-state index contributed by atoms with van der Waals surface area (Å²) in [5.41, 5.74) is 3.95. The van der Waals surface area contributed by atoms with Crippen molar-refractivity contribution in [3.8, 4) is 21.9 Å². The minimum atomic E-state index is -0.0575. The third-order valence-corrected chi connectivity index (χ3v) is 6.77. The molecule has 0 bridgehead atoms. The van der Waals surface area contributed by atoms with Crippen LogP contribution in [-0.4, -0.2) is 30.9 Å². The van der Waals surface area contributed by atoms with Gasteiger partial charge in [-0.15, -0.1) is 0 Å². The van der Waals surface area contributed by atoms with Gasteiger partial charge in [0.1, 0.15) is 17.2 Å². The zero-order valence-electron chi connectivity index (χ0n) is 19.8. The van der Waals surface area contributed by atoms with Crippen LogP contribution in [0.15, 0.2) is 95.2 Å². The maximum absolute atomic E-state index is 13.2. The molecule has 0 N–H and O–H groups in total. The minimum absolute atomic E-state index is 0.0575. The fourth-order valence-corrected chi connectivity index (χ4v) is 5.08. The topological polar surface area (TPSA) is 65.2 Å². The highest BCUT2D eigenvalue weighted by Crippen LogP contribution is 2.38. The van der Waals surface area contributed by atoms with Gasteiger partial charge in [0, 0.05) is 34.7 Å². The summed E-state index contributed by atoms with van der Waals surface area (Å²) in [7, 11) is 3.28. The van der Waals surface area contributed by atoms with Crippen molar-refractivity contribution in [3.63, 3.8) is 0 Å². The molecule has 6 nitrogen and oxygen atoms in total. The van der Waals surface area contributed by atoms with Gasteiger partial charge in [0.2, 0.25) is 10.6 Å². The van der Waals surface area contributed by atoms with Crippen LogP contribution in [0.5, 0.6) is 11.5 Å². The van der Waals surface area contributed by atoms with Crippen LogP contribution in [0.2, 0.25) is 0 Å². The van der Waals surface area contributed by atoms with E-state index < -0.39 is 0 Å². The van der Waals surface area contributed by atoms with E-state index in [4.69, 9.17) is 9.47 Å². The Balaban J connectivity index is 1.54. The molecular formula is C29H23N3O3S. The first-order chi connectivity index (χ1) is 17.7. The van der Waals surface area contributed by atoms with Gasteiger partial charge in [-0.2, -0.15) is 5.10 Å². The number of ether oxygens (including phenoxy) is 2. The second-order valence-corrected chi connectivity index (χ2v) is 8.78. The average molecular weight is 494 g/mol. The Morgan fingerprint density at radius 2 is 1.42 bits per heavy atom. The van der Waals surface area contributed by atoms with Crippen molar-refractivity contribution in [2.24, 2.45) is 10.1 Å². The zero-order chi connectivity index (χ0) is 24.9. The molecule has 0 fully saturated rings. The van der Waals surface area contributed by atoms with E-state index in [-0.39, 0.29) is 5.78 Å². The number of para-hydroxylation sites is 2. The van der Waals surface area contributed by atoms with Crippen molar-refractivity contribution < 1.29 is 14.3 Å². The number of benzene rings is 3. The molecule has 0 amide bonds. The Hall–Kier alpha value is -4.49. The number of fused-ring (bicyclic) bond motifs is 3. The third-order valence-electron chi connectivity index (χ3n) is 5.69. The summed E-state index contributed by atoms with van der Waals surface area (Å²) < 4.78 is 12.4. The van der Waals surface area contributed by atoms with E-state index >= 15 is 0 Å². The molecule has 1 heterocycles. The molecular weight excluding hydrogens is 470 g/mol. The SMILES string of the molecule is COc1ccccc1/C=C/C=N/n1c2c(sc1=N/C=C/c1ccccc1OC)-c1ccccc1C2=O. The first kappa shape index (κ1) is 23.3. The first-order valence-corrected chi connectivity index (χ1v) is 12.1. The Kier molecular flexibility index (Phi) is 6.73. The van der Waals surface area contributed by atoms with Crippen LogP contribution in [0.3, 0.4) is 0 Å². The van der Waals surface area contributed by atoms with Crippen LogP contribution < -0.4 is 14.3 Å². The highest BCUT2D eigenvalue weighted by atomic mass is 32.1. The number of thiazole rings is 1.